The van der Waals surface area contributed by atoms with E-state index in [0.29, 0.717) is 46.9 Å². The molecule has 1 N–H and O–H groups in total. The minimum Gasteiger partial charge on any atom is -0.487 e. The Balaban J connectivity index is 1.50. The summed E-state index contributed by atoms with van der Waals surface area (Å²) in [5.74, 6) is -0.493. The van der Waals surface area contributed by atoms with Crippen LogP contribution in [0.1, 0.15) is 36.7 Å². The van der Waals surface area contributed by atoms with Crippen LogP contribution >= 0.6 is 11.6 Å². The van der Waals surface area contributed by atoms with Gasteiger partial charge in [0.05, 0.1) is 35.2 Å². The Hall–Kier alpha value is -3.56. The van der Waals surface area contributed by atoms with Crippen molar-refractivity contribution in [3.63, 3.8) is 0 Å². The molecule has 0 bridgehead atoms. The number of rotatable bonds is 6. The Morgan fingerprint density at radius 3 is 2.81 bits per heavy atom. The molecular formula is C27H26ClF2N5O2. The summed E-state index contributed by atoms with van der Waals surface area (Å²) in [6.45, 7) is 6.70. The van der Waals surface area contributed by atoms with Gasteiger partial charge in [0.15, 0.2) is 5.82 Å². The minimum absolute atomic E-state index is 0.0368. The van der Waals surface area contributed by atoms with E-state index in [1.165, 1.54) is 23.0 Å². The van der Waals surface area contributed by atoms with Crippen molar-refractivity contribution in [2.75, 3.05) is 13.1 Å². The van der Waals surface area contributed by atoms with Gasteiger partial charge in [-0.15, -0.1) is 0 Å². The molecule has 4 aromatic rings. The highest BCUT2D eigenvalue weighted by Gasteiger charge is 2.31. The number of benzene rings is 2. The minimum atomic E-state index is -0.482. The van der Waals surface area contributed by atoms with Gasteiger partial charge >= 0.3 is 0 Å². The molecule has 0 spiro atoms. The van der Waals surface area contributed by atoms with Gasteiger partial charge in [0.1, 0.15) is 23.7 Å². The first kappa shape index (κ1) is 25.1. The summed E-state index contributed by atoms with van der Waals surface area (Å²) in [6, 6.07) is 9.21. The summed E-state index contributed by atoms with van der Waals surface area (Å²) in [6.07, 6.45) is 2.44. The van der Waals surface area contributed by atoms with Gasteiger partial charge in [-0.1, -0.05) is 23.7 Å². The summed E-state index contributed by atoms with van der Waals surface area (Å²) >= 11 is 6.50. The predicted octanol–water partition coefficient (Wildman–Crippen LogP) is 5.12. The van der Waals surface area contributed by atoms with Crippen molar-refractivity contribution in [2.45, 2.75) is 39.5 Å². The van der Waals surface area contributed by atoms with Crippen molar-refractivity contribution in [3.8, 4) is 11.4 Å². The van der Waals surface area contributed by atoms with E-state index in [1.807, 2.05) is 39.0 Å². The van der Waals surface area contributed by atoms with Gasteiger partial charge in [0, 0.05) is 29.7 Å². The topological polar surface area (TPSA) is 72.3 Å². The molecule has 3 heterocycles. The quantitative estimate of drug-likeness (QED) is 0.378. The van der Waals surface area contributed by atoms with Crippen molar-refractivity contribution in [2.24, 2.45) is 0 Å². The fourth-order valence-electron chi connectivity index (χ4n) is 4.77. The van der Waals surface area contributed by atoms with Crippen LogP contribution in [0.25, 0.3) is 16.6 Å². The number of carbonyl (C=O) groups excluding carboxylic acids is 1. The standard InChI is InChI=1S/C27H26ClF2N5O2/c1-15-9-24(35-13-19(30)12-32-35)20-5-4-6-25(26(20)33-15)37-14-22-21(10-18(29)11-23(22)28)17(3)34-8-7-31-16(2)27(34)36/h4-6,9-13,16-17,31H,7-8,14H2,1-3H3/t16-,17-/m0/s1. The molecule has 2 aromatic heterocycles. The van der Waals surface area contributed by atoms with Crippen LogP contribution in [-0.4, -0.2) is 44.7 Å². The lowest BCUT2D eigenvalue weighted by Gasteiger charge is -2.37. The van der Waals surface area contributed by atoms with E-state index in [-0.39, 0.29) is 23.6 Å². The molecule has 1 aliphatic heterocycles. The molecule has 0 unspecified atom stereocenters. The molecule has 37 heavy (non-hydrogen) atoms. The molecule has 7 nitrogen and oxygen atoms in total. The van der Waals surface area contributed by atoms with Crippen LogP contribution in [0.5, 0.6) is 5.75 Å². The molecule has 0 radical (unpaired) electrons. The number of fused-ring (bicyclic) bond motifs is 1. The summed E-state index contributed by atoms with van der Waals surface area (Å²) in [5.41, 5.74) is 3.12. The van der Waals surface area contributed by atoms with Gasteiger partial charge in [0.25, 0.3) is 0 Å². The number of aromatic nitrogens is 3. The van der Waals surface area contributed by atoms with Gasteiger partial charge < -0.3 is 15.0 Å². The van der Waals surface area contributed by atoms with Gasteiger partial charge in [-0.25, -0.2) is 18.4 Å². The molecule has 1 aliphatic rings. The molecular weight excluding hydrogens is 500 g/mol. The Labute approximate surface area is 218 Å². The summed E-state index contributed by atoms with van der Waals surface area (Å²) in [7, 11) is 0. The number of piperazine rings is 1. The number of pyridine rings is 1. The van der Waals surface area contributed by atoms with Crippen molar-refractivity contribution in [3.05, 3.63) is 82.3 Å². The van der Waals surface area contributed by atoms with Gasteiger partial charge in [0.2, 0.25) is 5.91 Å². The van der Waals surface area contributed by atoms with Crippen molar-refractivity contribution in [1.29, 1.82) is 0 Å². The zero-order chi connectivity index (χ0) is 26.3. The fourth-order valence-corrected chi connectivity index (χ4v) is 5.03. The maximum Gasteiger partial charge on any atom is 0.239 e. The third-order valence-electron chi connectivity index (χ3n) is 6.65. The van der Waals surface area contributed by atoms with E-state index in [2.05, 4.69) is 15.4 Å². The average molecular weight is 526 g/mol. The lowest BCUT2D eigenvalue weighted by Crippen LogP contribution is -2.54. The van der Waals surface area contributed by atoms with Gasteiger partial charge in [-0.3, -0.25) is 4.79 Å². The number of amides is 1. The monoisotopic (exact) mass is 525 g/mol. The molecule has 1 amide bonds. The SMILES string of the molecule is Cc1cc(-n2cc(F)cn2)c2cccc(OCc3c(Cl)cc(F)cc3[C@H](C)N3CCN[C@@H](C)C3=O)c2n1. The first-order valence-corrected chi connectivity index (χ1v) is 12.4. The van der Waals surface area contributed by atoms with E-state index >= 15 is 0 Å². The van der Waals surface area contributed by atoms with E-state index in [0.717, 1.165) is 11.6 Å². The Morgan fingerprint density at radius 1 is 1.24 bits per heavy atom. The number of hydrogen-bond acceptors (Lipinski definition) is 5. The van der Waals surface area contributed by atoms with Crippen LogP contribution in [0.2, 0.25) is 5.02 Å². The number of ether oxygens (including phenoxy) is 1. The Kier molecular flexibility index (Phi) is 6.83. The lowest BCUT2D eigenvalue weighted by molar-refractivity contribution is -0.137. The van der Waals surface area contributed by atoms with E-state index < -0.39 is 17.7 Å². The molecule has 1 fully saturated rings. The van der Waals surface area contributed by atoms with Crippen LogP contribution in [0.3, 0.4) is 0 Å². The number of hydrogen-bond donors (Lipinski definition) is 1. The van der Waals surface area contributed by atoms with Gasteiger partial charge in [-0.2, -0.15) is 5.10 Å². The zero-order valence-electron chi connectivity index (χ0n) is 20.6. The molecule has 5 rings (SSSR count). The summed E-state index contributed by atoms with van der Waals surface area (Å²) < 4.78 is 35.8. The zero-order valence-corrected chi connectivity index (χ0v) is 21.4. The second kappa shape index (κ2) is 10.1. The molecule has 1 saturated heterocycles. The summed E-state index contributed by atoms with van der Waals surface area (Å²) in [5, 5.41) is 8.18. The van der Waals surface area contributed by atoms with Crippen LogP contribution in [0.4, 0.5) is 8.78 Å². The summed E-state index contributed by atoms with van der Waals surface area (Å²) in [4.78, 5) is 19.2. The Bertz CT molecular complexity index is 1490. The normalized spacial score (nSPS) is 16.9. The first-order valence-electron chi connectivity index (χ1n) is 12.0. The van der Waals surface area contributed by atoms with Crippen molar-refractivity contribution >= 4 is 28.4 Å². The number of para-hydroxylation sites is 1. The second-order valence-electron chi connectivity index (χ2n) is 9.17. The number of nitrogens with one attached hydrogen (secondary N) is 1. The van der Waals surface area contributed by atoms with E-state index in [9.17, 15) is 13.6 Å². The van der Waals surface area contributed by atoms with Crippen molar-refractivity contribution < 1.29 is 18.3 Å². The van der Waals surface area contributed by atoms with E-state index in [4.69, 9.17) is 16.3 Å². The molecule has 0 aliphatic carbocycles. The fraction of sp³-hybridized carbons (Fsp3) is 0.296. The van der Waals surface area contributed by atoms with Crippen LogP contribution < -0.4 is 10.1 Å². The van der Waals surface area contributed by atoms with Crippen LogP contribution in [0.15, 0.2) is 48.8 Å². The molecule has 0 saturated carbocycles. The largest absolute Gasteiger partial charge is 0.487 e. The number of carbonyl (C=O) groups is 1. The highest BCUT2D eigenvalue weighted by atomic mass is 35.5. The first-order chi connectivity index (χ1) is 17.7. The molecule has 10 heteroatoms. The van der Waals surface area contributed by atoms with Crippen molar-refractivity contribution in [1.82, 2.24) is 25.0 Å². The third kappa shape index (κ3) is 4.89. The molecule has 2 atom stereocenters. The molecule has 192 valence electrons. The predicted molar refractivity (Wildman–Crippen MR) is 137 cm³/mol. The maximum absolute atomic E-state index is 14.4. The lowest BCUT2D eigenvalue weighted by atomic mass is 9.98. The third-order valence-corrected chi connectivity index (χ3v) is 6.98. The Morgan fingerprint density at radius 2 is 2.05 bits per heavy atom. The van der Waals surface area contributed by atoms with Crippen LogP contribution in [0, 0.1) is 18.6 Å². The van der Waals surface area contributed by atoms with Gasteiger partial charge in [-0.05, 0) is 50.6 Å². The highest BCUT2D eigenvalue weighted by molar-refractivity contribution is 6.31. The highest BCUT2D eigenvalue weighted by Crippen LogP contribution is 2.34. The average Bonchev–Trinajstić information content (AvgIpc) is 3.30. The smallest absolute Gasteiger partial charge is 0.239 e. The number of halogens is 3. The van der Waals surface area contributed by atoms with E-state index in [1.54, 1.807) is 11.0 Å². The van der Waals surface area contributed by atoms with Crippen LogP contribution in [-0.2, 0) is 11.4 Å². The number of nitrogens with zero attached hydrogens (tertiary/aromatic N) is 4. The maximum atomic E-state index is 14.4. The molecule has 2 aromatic carbocycles. The number of aryl methyl sites for hydroxylation is 1. The second-order valence-corrected chi connectivity index (χ2v) is 9.57.